The molecule has 0 saturated heterocycles. The van der Waals surface area contributed by atoms with Crippen molar-refractivity contribution >= 4 is 23.4 Å². The molecule has 0 aliphatic rings. The molecule has 0 aliphatic carbocycles. The predicted octanol–water partition coefficient (Wildman–Crippen LogP) is 3.83. The maximum absolute atomic E-state index is 12.3. The Morgan fingerprint density at radius 3 is 2.21 bits per heavy atom. The largest absolute Gasteiger partial charge is 0.497 e. The van der Waals surface area contributed by atoms with Gasteiger partial charge in [-0.25, -0.2) is 0 Å². The standard InChI is InChI=1S/C18H21NO4S/c1-12(18(20)19-13-5-7-14(21-2)8-6-13)24-15-9-10-16(22-3)17(11-15)23-4/h5-12H,1-4H3,(H,19,20)/t12-/m0/s1. The number of carbonyl (C=O) groups excluding carboxylic acids is 1. The van der Waals surface area contributed by atoms with Crippen molar-refractivity contribution in [3.63, 3.8) is 0 Å². The van der Waals surface area contributed by atoms with Crippen molar-refractivity contribution in [2.45, 2.75) is 17.1 Å². The fourth-order valence-electron chi connectivity index (χ4n) is 2.07. The van der Waals surface area contributed by atoms with Crippen molar-refractivity contribution in [3.05, 3.63) is 42.5 Å². The molecule has 0 aromatic heterocycles. The summed E-state index contributed by atoms with van der Waals surface area (Å²) in [5.41, 5.74) is 0.737. The van der Waals surface area contributed by atoms with E-state index in [1.165, 1.54) is 11.8 Å². The molecule has 24 heavy (non-hydrogen) atoms. The number of hydrogen-bond acceptors (Lipinski definition) is 5. The molecule has 2 rings (SSSR count). The monoisotopic (exact) mass is 347 g/mol. The SMILES string of the molecule is COc1ccc(NC(=O)[C@H](C)Sc2ccc(OC)c(OC)c2)cc1. The molecule has 2 aromatic carbocycles. The zero-order valence-corrected chi connectivity index (χ0v) is 15.0. The summed E-state index contributed by atoms with van der Waals surface area (Å²) in [4.78, 5) is 13.3. The first-order valence-electron chi connectivity index (χ1n) is 7.41. The first kappa shape index (κ1) is 18.0. The van der Waals surface area contributed by atoms with E-state index in [0.717, 1.165) is 16.3 Å². The second kappa shape index (κ2) is 8.49. The normalized spacial score (nSPS) is 11.5. The van der Waals surface area contributed by atoms with E-state index in [1.54, 1.807) is 21.3 Å². The van der Waals surface area contributed by atoms with Crippen molar-refractivity contribution in [2.24, 2.45) is 0 Å². The van der Waals surface area contributed by atoms with E-state index in [-0.39, 0.29) is 11.2 Å². The molecule has 2 aromatic rings. The lowest BCUT2D eigenvalue weighted by Crippen LogP contribution is -2.22. The Hall–Kier alpha value is -2.34. The number of thioether (sulfide) groups is 1. The minimum atomic E-state index is -0.259. The molecule has 0 radical (unpaired) electrons. The van der Waals surface area contributed by atoms with Crippen LogP contribution in [0.4, 0.5) is 5.69 Å². The van der Waals surface area contributed by atoms with Crippen molar-refractivity contribution in [2.75, 3.05) is 26.6 Å². The highest BCUT2D eigenvalue weighted by molar-refractivity contribution is 8.00. The summed E-state index contributed by atoms with van der Waals surface area (Å²) in [5, 5.41) is 2.63. The van der Waals surface area contributed by atoms with E-state index in [1.807, 2.05) is 49.4 Å². The highest BCUT2D eigenvalue weighted by atomic mass is 32.2. The van der Waals surface area contributed by atoms with Crippen LogP contribution < -0.4 is 19.5 Å². The Balaban J connectivity index is 2.00. The van der Waals surface area contributed by atoms with Gasteiger partial charge in [-0.15, -0.1) is 11.8 Å². The second-order valence-electron chi connectivity index (χ2n) is 4.99. The Kier molecular flexibility index (Phi) is 6.37. The van der Waals surface area contributed by atoms with Crippen LogP contribution in [0.2, 0.25) is 0 Å². The first-order valence-corrected chi connectivity index (χ1v) is 8.29. The van der Waals surface area contributed by atoms with Gasteiger partial charge in [0.2, 0.25) is 5.91 Å². The zero-order chi connectivity index (χ0) is 17.5. The summed E-state index contributed by atoms with van der Waals surface area (Å²) in [5.74, 6) is 1.99. The van der Waals surface area contributed by atoms with Gasteiger partial charge >= 0.3 is 0 Å². The number of methoxy groups -OCH3 is 3. The van der Waals surface area contributed by atoms with Gasteiger partial charge in [0, 0.05) is 10.6 Å². The van der Waals surface area contributed by atoms with Gasteiger partial charge in [0.05, 0.1) is 26.6 Å². The summed E-state index contributed by atoms with van der Waals surface area (Å²) >= 11 is 1.46. The minimum Gasteiger partial charge on any atom is -0.497 e. The topological polar surface area (TPSA) is 56.8 Å². The molecule has 1 atom stereocenters. The molecule has 0 aliphatic heterocycles. The lowest BCUT2D eigenvalue weighted by molar-refractivity contribution is -0.115. The average Bonchev–Trinajstić information content (AvgIpc) is 2.62. The molecule has 0 spiro atoms. The van der Waals surface area contributed by atoms with Gasteiger partial charge in [-0.2, -0.15) is 0 Å². The van der Waals surface area contributed by atoms with E-state index in [0.29, 0.717) is 11.5 Å². The van der Waals surface area contributed by atoms with Gasteiger partial charge in [-0.3, -0.25) is 4.79 Å². The number of hydrogen-bond donors (Lipinski definition) is 1. The van der Waals surface area contributed by atoms with E-state index < -0.39 is 0 Å². The van der Waals surface area contributed by atoms with Crippen LogP contribution in [0, 0.1) is 0 Å². The number of ether oxygens (including phenoxy) is 3. The van der Waals surface area contributed by atoms with Gasteiger partial charge < -0.3 is 19.5 Å². The average molecular weight is 347 g/mol. The Labute approximate surface area is 146 Å². The third-order valence-electron chi connectivity index (χ3n) is 3.39. The summed E-state index contributed by atoms with van der Waals surface area (Å²) in [6, 6.07) is 12.8. The summed E-state index contributed by atoms with van der Waals surface area (Å²) in [6.45, 7) is 1.86. The number of anilines is 1. The van der Waals surface area contributed by atoms with Crippen molar-refractivity contribution in [1.29, 1.82) is 0 Å². The molecule has 0 heterocycles. The zero-order valence-electron chi connectivity index (χ0n) is 14.2. The van der Waals surface area contributed by atoms with E-state index in [2.05, 4.69) is 5.32 Å². The maximum Gasteiger partial charge on any atom is 0.237 e. The third kappa shape index (κ3) is 4.58. The van der Waals surface area contributed by atoms with Crippen LogP contribution in [0.1, 0.15) is 6.92 Å². The third-order valence-corrected chi connectivity index (χ3v) is 4.49. The Morgan fingerprint density at radius 2 is 1.62 bits per heavy atom. The molecule has 1 amide bonds. The van der Waals surface area contributed by atoms with Gasteiger partial charge in [0.15, 0.2) is 11.5 Å². The Morgan fingerprint density at radius 1 is 0.958 bits per heavy atom. The van der Waals surface area contributed by atoms with Crippen molar-refractivity contribution < 1.29 is 19.0 Å². The number of amides is 1. The van der Waals surface area contributed by atoms with Crippen LogP contribution in [0.5, 0.6) is 17.2 Å². The van der Waals surface area contributed by atoms with Crippen LogP contribution in [0.15, 0.2) is 47.4 Å². The molecule has 128 valence electrons. The summed E-state index contributed by atoms with van der Waals surface area (Å²) in [7, 11) is 4.79. The highest BCUT2D eigenvalue weighted by Gasteiger charge is 2.16. The smallest absolute Gasteiger partial charge is 0.237 e. The van der Waals surface area contributed by atoms with Crippen LogP contribution in [0.3, 0.4) is 0 Å². The van der Waals surface area contributed by atoms with Gasteiger partial charge in [0.1, 0.15) is 5.75 Å². The van der Waals surface area contributed by atoms with E-state index in [4.69, 9.17) is 14.2 Å². The molecule has 1 N–H and O–H groups in total. The van der Waals surface area contributed by atoms with Crippen LogP contribution in [-0.4, -0.2) is 32.5 Å². The fraction of sp³-hybridized carbons (Fsp3) is 0.278. The maximum atomic E-state index is 12.3. The summed E-state index contributed by atoms with van der Waals surface area (Å²) in [6.07, 6.45) is 0. The highest BCUT2D eigenvalue weighted by Crippen LogP contribution is 2.33. The van der Waals surface area contributed by atoms with E-state index >= 15 is 0 Å². The Bertz CT molecular complexity index is 688. The number of carbonyl (C=O) groups is 1. The lowest BCUT2D eigenvalue weighted by Gasteiger charge is -2.14. The number of benzene rings is 2. The molecule has 0 fully saturated rings. The van der Waals surface area contributed by atoms with Crippen LogP contribution in [-0.2, 0) is 4.79 Å². The molecule has 0 saturated carbocycles. The first-order chi connectivity index (χ1) is 11.6. The second-order valence-corrected chi connectivity index (χ2v) is 6.41. The van der Waals surface area contributed by atoms with Gasteiger partial charge in [-0.1, -0.05) is 0 Å². The molecule has 6 heteroatoms. The number of nitrogens with one attached hydrogen (secondary N) is 1. The predicted molar refractivity (Wildman–Crippen MR) is 96.5 cm³/mol. The molecular weight excluding hydrogens is 326 g/mol. The van der Waals surface area contributed by atoms with Crippen molar-refractivity contribution in [3.8, 4) is 17.2 Å². The molecular formula is C18H21NO4S. The van der Waals surface area contributed by atoms with E-state index in [9.17, 15) is 4.79 Å². The van der Waals surface area contributed by atoms with Crippen molar-refractivity contribution in [1.82, 2.24) is 0 Å². The van der Waals surface area contributed by atoms with Crippen LogP contribution >= 0.6 is 11.8 Å². The van der Waals surface area contributed by atoms with Crippen LogP contribution in [0.25, 0.3) is 0 Å². The summed E-state index contributed by atoms with van der Waals surface area (Å²) < 4.78 is 15.6. The van der Waals surface area contributed by atoms with Gasteiger partial charge in [-0.05, 0) is 49.4 Å². The fourth-order valence-corrected chi connectivity index (χ4v) is 2.96. The molecule has 0 unspecified atom stereocenters. The minimum absolute atomic E-state index is 0.0695. The lowest BCUT2D eigenvalue weighted by atomic mass is 10.3. The quantitative estimate of drug-likeness (QED) is 0.772. The number of rotatable bonds is 7. The molecule has 5 nitrogen and oxygen atoms in total. The van der Waals surface area contributed by atoms with Gasteiger partial charge in [0.25, 0.3) is 0 Å². The molecule has 0 bridgehead atoms.